The minimum atomic E-state index is -2.15. The molecule has 3 aromatic rings. The van der Waals surface area contributed by atoms with E-state index in [9.17, 15) is 9.59 Å². The van der Waals surface area contributed by atoms with Gasteiger partial charge in [0, 0.05) is 0 Å². The van der Waals surface area contributed by atoms with Gasteiger partial charge in [0.2, 0.25) is 0 Å². The largest absolute Gasteiger partial charge is 0.490 e. The molecule has 47 heavy (non-hydrogen) atoms. The minimum absolute atomic E-state index is 0.0106. The second-order valence-corrected chi connectivity index (χ2v) is 18.1. The lowest BCUT2D eigenvalue weighted by molar-refractivity contribution is -0.138. The SMILES string of the molecule is CCOC(=O)C1=C(c2ccc(OCCOc3ccccc3Cl)cc2)CC(CO[Si](C)(C)C(C)(C)C)N(C(=O)OCc2ccccc2)C1. The number of amides is 1. The molecule has 0 bridgehead atoms. The first-order valence-electron chi connectivity index (χ1n) is 16.0. The lowest BCUT2D eigenvalue weighted by Crippen LogP contribution is -2.51. The van der Waals surface area contributed by atoms with Crippen LogP contribution in [0, 0.1) is 0 Å². The fourth-order valence-electron chi connectivity index (χ4n) is 4.87. The van der Waals surface area contributed by atoms with Gasteiger partial charge in [0.25, 0.3) is 0 Å². The number of hydrogen-bond donors (Lipinski definition) is 0. The molecule has 252 valence electrons. The van der Waals surface area contributed by atoms with Gasteiger partial charge in [-0.3, -0.25) is 4.90 Å². The van der Waals surface area contributed by atoms with Gasteiger partial charge < -0.3 is 23.4 Å². The quantitative estimate of drug-likeness (QED) is 0.102. The molecule has 10 heteroatoms. The first-order chi connectivity index (χ1) is 22.4. The van der Waals surface area contributed by atoms with Crippen LogP contribution < -0.4 is 9.47 Å². The molecule has 0 saturated carbocycles. The van der Waals surface area contributed by atoms with E-state index in [4.69, 9.17) is 35.0 Å². The zero-order valence-corrected chi connectivity index (χ0v) is 30.0. The van der Waals surface area contributed by atoms with Crippen molar-refractivity contribution in [2.75, 3.05) is 33.0 Å². The molecule has 1 aliphatic rings. The Bertz CT molecular complexity index is 1520. The van der Waals surface area contributed by atoms with Crippen LogP contribution in [0.2, 0.25) is 23.2 Å². The summed E-state index contributed by atoms with van der Waals surface area (Å²) in [6, 6.07) is 24.1. The molecule has 1 amide bonds. The van der Waals surface area contributed by atoms with Crippen molar-refractivity contribution in [2.24, 2.45) is 0 Å². The lowest BCUT2D eigenvalue weighted by Gasteiger charge is -2.41. The summed E-state index contributed by atoms with van der Waals surface area (Å²) in [5.41, 5.74) is 2.97. The average Bonchev–Trinajstić information content (AvgIpc) is 3.05. The Balaban J connectivity index is 1.55. The van der Waals surface area contributed by atoms with Crippen LogP contribution in [0.3, 0.4) is 0 Å². The first-order valence-corrected chi connectivity index (χ1v) is 19.3. The molecule has 0 N–H and O–H groups in total. The molecule has 4 rings (SSSR count). The number of para-hydroxylation sites is 1. The molecular formula is C37H46ClNO7Si. The second-order valence-electron chi connectivity index (χ2n) is 12.9. The summed E-state index contributed by atoms with van der Waals surface area (Å²) in [6.45, 7) is 14.1. The summed E-state index contributed by atoms with van der Waals surface area (Å²) in [5, 5.41) is 0.537. The smallest absolute Gasteiger partial charge is 0.410 e. The highest BCUT2D eigenvalue weighted by atomic mass is 35.5. The van der Waals surface area contributed by atoms with Crippen molar-refractivity contribution < 1.29 is 33.0 Å². The number of carbonyl (C=O) groups is 2. The average molecular weight is 680 g/mol. The van der Waals surface area contributed by atoms with Crippen molar-refractivity contribution >= 4 is 37.6 Å². The maximum Gasteiger partial charge on any atom is 0.410 e. The van der Waals surface area contributed by atoms with Crippen LogP contribution in [-0.2, 0) is 25.3 Å². The third-order valence-corrected chi connectivity index (χ3v) is 13.4. The van der Waals surface area contributed by atoms with Crippen molar-refractivity contribution in [3.8, 4) is 11.5 Å². The maximum atomic E-state index is 13.6. The summed E-state index contributed by atoms with van der Waals surface area (Å²) in [7, 11) is -2.15. The van der Waals surface area contributed by atoms with Gasteiger partial charge in [-0.2, -0.15) is 0 Å². The molecule has 0 aliphatic carbocycles. The Morgan fingerprint density at radius 2 is 1.55 bits per heavy atom. The molecule has 1 aliphatic heterocycles. The van der Waals surface area contributed by atoms with Gasteiger partial charge in [-0.05, 0) is 72.4 Å². The minimum Gasteiger partial charge on any atom is -0.490 e. The summed E-state index contributed by atoms with van der Waals surface area (Å²) in [4.78, 5) is 28.6. The van der Waals surface area contributed by atoms with Crippen LogP contribution in [0.1, 0.15) is 45.2 Å². The van der Waals surface area contributed by atoms with Crippen LogP contribution in [-0.4, -0.2) is 64.3 Å². The van der Waals surface area contributed by atoms with Crippen LogP contribution in [0.25, 0.3) is 5.57 Å². The van der Waals surface area contributed by atoms with Gasteiger partial charge in [-0.15, -0.1) is 0 Å². The third kappa shape index (κ3) is 9.86. The summed E-state index contributed by atoms with van der Waals surface area (Å²) in [5.74, 6) is 0.813. The fourth-order valence-corrected chi connectivity index (χ4v) is 6.11. The van der Waals surface area contributed by atoms with E-state index in [1.165, 1.54) is 0 Å². The Kier molecular flexibility index (Phi) is 12.5. The Morgan fingerprint density at radius 1 is 0.894 bits per heavy atom. The van der Waals surface area contributed by atoms with E-state index in [2.05, 4.69) is 33.9 Å². The van der Waals surface area contributed by atoms with E-state index >= 15 is 0 Å². The number of rotatable bonds is 13. The topological polar surface area (TPSA) is 83.5 Å². The second kappa shape index (κ2) is 16.3. The first kappa shape index (κ1) is 36.1. The standard InChI is InChI=1S/C37H46ClNO7Si/c1-7-42-35(40)32-24-39(36(41)45-25-27-13-9-8-10-14-27)29(26-46-47(5,6)37(2,3)4)23-31(32)28-17-19-30(20-18-28)43-21-22-44-34-16-12-11-15-33(34)38/h8-20,29H,7,21-26H2,1-6H3. The zero-order chi connectivity index (χ0) is 34.0. The van der Waals surface area contributed by atoms with Gasteiger partial charge in [-0.25, -0.2) is 9.59 Å². The van der Waals surface area contributed by atoms with Gasteiger partial charge >= 0.3 is 12.1 Å². The highest BCUT2D eigenvalue weighted by Crippen LogP contribution is 2.38. The van der Waals surface area contributed by atoms with Crippen LogP contribution in [0.15, 0.2) is 84.4 Å². The van der Waals surface area contributed by atoms with Crippen molar-refractivity contribution in [2.45, 2.75) is 64.9 Å². The predicted molar refractivity (Wildman–Crippen MR) is 187 cm³/mol. The number of benzene rings is 3. The summed E-state index contributed by atoms with van der Waals surface area (Å²) >= 11 is 6.17. The number of hydrogen-bond acceptors (Lipinski definition) is 7. The molecule has 1 heterocycles. The molecule has 0 spiro atoms. The summed E-state index contributed by atoms with van der Waals surface area (Å²) < 4.78 is 29.5. The number of esters is 1. The van der Waals surface area contributed by atoms with Crippen molar-refractivity contribution in [3.05, 3.63) is 101 Å². The van der Waals surface area contributed by atoms with Crippen LogP contribution >= 0.6 is 11.6 Å². The number of ether oxygens (including phenoxy) is 4. The molecule has 8 nitrogen and oxygen atoms in total. The maximum absolute atomic E-state index is 13.6. The number of carbonyl (C=O) groups excluding carboxylic acids is 2. The van der Waals surface area contributed by atoms with Crippen molar-refractivity contribution in [3.63, 3.8) is 0 Å². The highest BCUT2D eigenvalue weighted by Gasteiger charge is 2.41. The van der Waals surface area contributed by atoms with Crippen molar-refractivity contribution in [1.82, 2.24) is 4.90 Å². The Hall–Kier alpha value is -3.79. The van der Waals surface area contributed by atoms with Crippen molar-refractivity contribution in [1.29, 1.82) is 0 Å². The monoisotopic (exact) mass is 679 g/mol. The van der Waals surface area contributed by atoms with Crippen LogP contribution in [0.4, 0.5) is 4.79 Å². The number of nitrogens with zero attached hydrogens (tertiary/aromatic N) is 1. The van der Waals surface area contributed by atoms with E-state index < -0.39 is 20.4 Å². The molecule has 0 radical (unpaired) electrons. The Labute approximate surface area is 284 Å². The lowest BCUT2D eigenvalue weighted by atomic mass is 9.89. The van der Waals surface area contributed by atoms with Gasteiger partial charge in [0.1, 0.15) is 31.3 Å². The fraction of sp³-hybridized carbons (Fsp3) is 0.405. The number of halogens is 1. The van der Waals surface area contributed by atoms with E-state index in [0.717, 1.165) is 16.7 Å². The zero-order valence-electron chi connectivity index (χ0n) is 28.2. The molecule has 1 unspecified atom stereocenters. The van der Waals surface area contributed by atoms with Crippen LogP contribution in [0.5, 0.6) is 11.5 Å². The predicted octanol–water partition coefficient (Wildman–Crippen LogP) is 8.55. The van der Waals surface area contributed by atoms with Gasteiger partial charge in [0.05, 0.1) is 36.4 Å². The van der Waals surface area contributed by atoms with E-state index in [-0.39, 0.29) is 30.8 Å². The van der Waals surface area contributed by atoms with E-state index in [0.29, 0.717) is 48.3 Å². The molecule has 0 aromatic heterocycles. The molecule has 1 atom stereocenters. The molecule has 0 fully saturated rings. The third-order valence-electron chi connectivity index (χ3n) is 8.63. The van der Waals surface area contributed by atoms with E-state index in [1.807, 2.05) is 72.8 Å². The van der Waals surface area contributed by atoms with E-state index in [1.54, 1.807) is 17.9 Å². The molecule has 3 aromatic carbocycles. The van der Waals surface area contributed by atoms with Gasteiger partial charge in [-0.1, -0.05) is 87.0 Å². The van der Waals surface area contributed by atoms with Gasteiger partial charge in [0.15, 0.2) is 8.32 Å². The summed E-state index contributed by atoms with van der Waals surface area (Å²) in [6.07, 6.45) is -0.101. The molecule has 0 saturated heterocycles. The molecular weight excluding hydrogens is 634 g/mol. The normalized spacial score (nSPS) is 15.3. The Morgan fingerprint density at radius 3 is 2.21 bits per heavy atom. The highest BCUT2D eigenvalue weighted by molar-refractivity contribution is 6.74.